The van der Waals surface area contributed by atoms with E-state index in [1.807, 2.05) is 19.1 Å². The largest absolute Gasteiger partial charge is 0.481 e. The molecule has 0 radical (unpaired) electrons. The number of carbonyl (C=O) groups is 2. The van der Waals surface area contributed by atoms with Gasteiger partial charge in [0.15, 0.2) is 0 Å². The summed E-state index contributed by atoms with van der Waals surface area (Å²) in [5.74, 6) is -1.19. The molecular formula is C15H20BrNO3. The summed E-state index contributed by atoms with van der Waals surface area (Å²) in [6.07, 6.45) is 0.845. The number of hydrogen-bond acceptors (Lipinski definition) is 2. The number of halogens is 1. The van der Waals surface area contributed by atoms with Crippen molar-refractivity contribution in [3.05, 3.63) is 28.2 Å². The number of carboxylic acid groups (broad SMARTS) is 1. The number of anilines is 1. The molecule has 0 aliphatic carbocycles. The van der Waals surface area contributed by atoms with Crippen LogP contribution < -0.4 is 5.32 Å². The average molecular weight is 342 g/mol. The minimum atomic E-state index is -0.986. The predicted octanol–water partition coefficient (Wildman–Crippen LogP) is 3.98. The van der Waals surface area contributed by atoms with Crippen molar-refractivity contribution in [3.63, 3.8) is 0 Å². The van der Waals surface area contributed by atoms with Crippen molar-refractivity contribution in [3.8, 4) is 0 Å². The molecule has 0 aliphatic rings. The summed E-state index contributed by atoms with van der Waals surface area (Å²) in [7, 11) is 0. The fraction of sp³-hybridized carbons (Fsp3) is 0.467. The van der Waals surface area contributed by atoms with E-state index >= 15 is 0 Å². The quantitative estimate of drug-likeness (QED) is 0.822. The van der Waals surface area contributed by atoms with Crippen molar-refractivity contribution in [1.29, 1.82) is 0 Å². The van der Waals surface area contributed by atoms with Crippen molar-refractivity contribution in [2.75, 3.05) is 5.32 Å². The topological polar surface area (TPSA) is 66.4 Å². The molecule has 0 aromatic heterocycles. The Morgan fingerprint density at radius 3 is 2.40 bits per heavy atom. The number of benzene rings is 1. The Labute approximate surface area is 127 Å². The maximum absolute atomic E-state index is 12.1. The van der Waals surface area contributed by atoms with E-state index in [2.05, 4.69) is 21.2 Å². The maximum Gasteiger partial charge on any atom is 0.310 e. The van der Waals surface area contributed by atoms with Crippen LogP contribution in [0.15, 0.2) is 22.7 Å². The molecule has 1 aromatic carbocycles. The smallest absolute Gasteiger partial charge is 0.310 e. The van der Waals surface area contributed by atoms with Gasteiger partial charge in [0.2, 0.25) is 5.91 Å². The minimum Gasteiger partial charge on any atom is -0.481 e. The molecule has 0 fully saturated rings. The van der Waals surface area contributed by atoms with Gasteiger partial charge in [0.05, 0.1) is 11.1 Å². The lowest BCUT2D eigenvalue weighted by molar-refractivity contribution is -0.151. The van der Waals surface area contributed by atoms with Gasteiger partial charge in [-0.2, -0.15) is 0 Å². The van der Waals surface area contributed by atoms with Gasteiger partial charge in [-0.15, -0.1) is 0 Å². The SMILES string of the molecule is CCC(CC)(CC(=O)Nc1cccc(C)c1Br)C(=O)O. The van der Waals surface area contributed by atoms with E-state index in [9.17, 15) is 14.7 Å². The Kier molecular flexibility index (Phi) is 5.74. The summed E-state index contributed by atoms with van der Waals surface area (Å²) in [6.45, 7) is 5.53. The molecule has 0 bridgehead atoms. The van der Waals surface area contributed by atoms with Crippen molar-refractivity contribution < 1.29 is 14.7 Å². The Morgan fingerprint density at radius 2 is 1.90 bits per heavy atom. The molecule has 110 valence electrons. The van der Waals surface area contributed by atoms with Crippen LogP contribution in [0.4, 0.5) is 5.69 Å². The molecule has 1 amide bonds. The van der Waals surface area contributed by atoms with Crippen LogP contribution in [0.5, 0.6) is 0 Å². The zero-order chi connectivity index (χ0) is 15.3. The summed E-state index contributed by atoms with van der Waals surface area (Å²) in [6, 6.07) is 5.56. The average Bonchev–Trinajstić information content (AvgIpc) is 2.41. The zero-order valence-electron chi connectivity index (χ0n) is 12.0. The highest BCUT2D eigenvalue weighted by molar-refractivity contribution is 9.10. The van der Waals surface area contributed by atoms with Crippen molar-refractivity contribution in [1.82, 2.24) is 0 Å². The van der Waals surface area contributed by atoms with Crippen molar-refractivity contribution in [2.24, 2.45) is 5.41 Å². The number of carboxylic acids is 1. The van der Waals surface area contributed by atoms with Gasteiger partial charge in [0.25, 0.3) is 0 Å². The molecule has 0 aliphatic heterocycles. The van der Waals surface area contributed by atoms with Crippen LogP contribution >= 0.6 is 15.9 Å². The Hall–Kier alpha value is -1.36. The van der Waals surface area contributed by atoms with Gasteiger partial charge in [-0.05, 0) is 47.3 Å². The third-order valence-electron chi connectivity index (χ3n) is 3.77. The van der Waals surface area contributed by atoms with Gasteiger partial charge >= 0.3 is 5.97 Å². The lowest BCUT2D eigenvalue weighted by atomic mass is 9.79. The molecular weight excluding hydrogens is 322 g/mol. The van der Waals surface area contributed by atoms with E-state index in [-0.39, 0.29) is 12.3 Å². The first-order valence-electron chi connectivity index (χ1n) is 6.64. The second-order valence-electron chi connectivity index (χ2n) is 4.95. The Balaban J connectivity index is 2.86. The van der Waals surface area contributed by atoms with Gasteiger partial charge in [-0.25, -0.2) is 0 Å². The van der Waals surface area contributed by atoms with Crippen molar-refractivity contribution >= 4 is 33.5 Å². The third kappa shape index (κ3) is 3.60. The third-order valence-corrected chi connectivity index (χ3v) is 4.82. The fourth-order valence-corrected chi connectivity index (χ4v) is 2.49. The molecule has 1 rings (SSSR count). The van der Waals surface area contributed by atoms with E-state index in [0.717, 1.165) is 10.0 Å². The first-order chi connectivity index (χ1) is 9.36. The lowest BCUT2D eigenvalue weighted by Gasteiger charge is -2.26. The van der Waals surface area contributed by atoms with Gasteiger partial charge in [-0.3, -0.25) is 9.59 Å². The molecule has 0 saturated heterocycles. The second-order valence-corrected chi connectivity index (χ2v) is 5.75. The van der Waals surface area contributed by atoms with Crippen LogP contribution in [0.3, 0.4) is 0 Å². The summed E-state index contributed by atoms with van der Waals surface area (Å²) in [5, 5.41) is 12.1. The van der Waals surface area contributed by atoms with E-state index in [4.69, 9.17) is 0 Å². The highest BCUT2D eigenvalue weighted by Gasteiger charge is 2.37. The molecule has 20 heavy (non-hydrogen) atoms. The predicted molar refractivity (Wildman–Crippen MR) is 82.8 cm³/mol. The van der Waals surface area contributed by atoms with Crippen LogP contribution in [0.2, 0.25) is 0 Å². The molecule has 1 aromatic rings. The summed E-state index contributed by atoms with van der Waals surface area (Å²) >= 11 is 3.42. The Morgan fingerprint density at radius 1 is 1.30 bits per heavy atom. The fourth-order valence-electron chi connectivity index (χ4n) is 2.12. The number of amides is 1. The maximum atomic E-state index is 12.1. The summed E-state index contributed by atoms with van der Waals surface area (Å²) < 4.78 is 0.822. The molecule has 5 heteroatoms. The van der Waals surface area contributed by atoms with Crippen LogP contribution in [0, 0.1) is 12.3 Å². The number of carbonyl (C=O) groups excluding carboxylic acids is 1. The van der Waals surface area contributed by atoms with Crippen LogP contribution in [-0.4, -0.2) is 17.0 Å². The van der Waals surface area contributed by atoms with E-state index < -0.39 is 11.4 Å². The second kappa shape index (κ2) is 6.88. The minimum absolute atomic E-state index is 0.0181. The van der Waals surface area contributed by atoms with Crippen LogP contribution in [-0.2, 0) is 9.59 Å². The summed E-state index contributed by atoms with van der Waals surface area (Å²) in [4.78, 5) is 23.5. The van der Waals surface area contributed by atoms with Crippen LogP contribution in [0.1, 0.15) is 38.7 Å². The van der Waals surface area contributed by atoms with E-state index in [0.29, 0.717) is 18.5 Å². The van der Waals surface area contributed by atoms with Gasteiger partial charge in [0.1, 0.15) is 0 Å². The molecule has 0 heterocycles. The number of rotatable bonds is 6. The monoisotopic (exact) mass is 341 g/mol. The first kappa shape index (κ1) is 16.7. The zero-order valence-corrected chi connectivity index (χ0v) is 13.6. The van der Waals surface area contributed by atoms with Crippen LogP contribution in [0.25, 0.3) is 0 Å². The molecule has 0 atom stereocenters. The standard InChI is InChI=1S/C15H20BrNO3/c1-4-15(5-2,14(19)20)9-12(18)17-11-8-6-7-10(3)13(11)16/h6-8H,4-5,9H2,1-3H3,(H,17,18)(H,19,20). The number of nitrogens with one attached hydrogen (secondary N) is 1. The number of aryl methyl sites for hydroxylation is 1. The summed E-state index contributed by atoms with van der Waals surface area (Å²) in [5.41, 5.74) is 0.695. The highest BCUT2D eigenvalue weighted by atomic mass is 79.9. The van der Waals surface area contributed by atoms with Gasteiger partial charge in [0, 0.05) is 10.9 Å². The number of aliphatic carboxylic acids is 1. The van der Waals surface area contributed by atoms with E-state index in [1.54, 1.807) is 19.9 Å². The molecule has 4 nitrogen and oxygen atoms in total. The van der Waals surface area contributed by atoms with Gasteiger partial charge in [-0.1, -0.05) is 26.0 Å². The molecule has 0 unspecified atom stereocenters. The highest BCUT2D eigenvalue weighted by Crippen LogP contribution is 2.32. The Bertz CT molecular complexity index is 510. The normalized spacial score (nSPS) is 11.2. The molecule has 0 spiro atoms. The molecule has 0 saturated carbocycles. The van der Waals surface area contributed by atoms with Crippen molar-refractivity contribution in [2.45, 2.75) is 40.0 Å². The lowest BCUT2D eigenvalue weighted by Crippen LogP contribution is -2.34. The first-order valence-corrected chi connectivity index (χ1v) is 7.44. The van der Waals surface area contributed by atoms with Gasteiger partial charge < -0.3 is 10.4 Å². The molecule has 2 N–H and O–H groups in total. The van der Waals surface area contributed by atoms with E-state index in [1.165, 1.54) is 0 Å². The number of hydrogen-bond donors (Lipinski definition) is 2.